The van der Waals surface area contributed by atoms with Gasteiger partial charge in [0, 0.05) is 51.1 Å². The lowest BCUT2D eigenvalue weighted by molar-refractivity contribution is 0.0502. The summed E-state index contributed by atoms with van der Waals surface area (Å²) in [7, 11) is 0. The van der Waals surface area contributed by atoms with Crippen LogP contribution in [0, 0.1) is 5.92 Å². The van der Waals surface area contributed by atoms with E-state index in [1.807, 2.05) is 18.3 Å². The number of likely N-dealkylation sites (tertiary alicyclic amines) is 2. The summed E-state index contributed by atoms with van der Waals surface area (Å²) in [6.45, 7) is 5.07. The second kappa shape index (κ2) is 6.05. The van der Waals surface area contributed by atoms with E-state index in [4.69, 9.17) is 4.74 Å². The highest BCUT2D eigenvalue weighted by atomic mass is 16.5. The topological polar surface area (TPSA) is 48.6 Å². The van der Waals surface area contributed by atoms with Crippen molar-refractivity contribution in [2.24, 2.45) is 5.92 Å². The molecule has 3 aliphatic heterocycles. The molecule has 0 radical (unpaired) electrons. The van der Waals surface area contributed by atoms with Crippen LogP contribution in [-0.4, -0.2) is 65.6 Å². The molecule has 0 aliphatic carbocycles. The minimum atomic E-state index is 0.172. The van der Waals surface area contributed by atoms with Gasteiger partial charge in [0.05, 0.1) is 0 Å². The zero-order valence-corrected chi connectivity index (χ0v) is 13.0. The van der Waals surface area contributed by atoms with Gasteiger partial charge in [-0.2, -0.15) is 0 Å². The standard InChI is InChI=1S/C17H25N3O2/c21-17(14-2-1-7-18-14)20-9-4-15-16(20)3-8-19(15)12-13-5-10-22-11-6-13/h1-2,7,13,15-16,18H,3-6,8-12H2. The summed E-state index contributed by atoms with van der Waals surface area (Å²) >= 11 is 0. The van der Waals surface area contributed by atoms with Gasteiger partial charge >= 0.3 is 0 Å². The van der Waals surface area contributed by atoms with Crippen LogP contribution in [0.1, 0.15) is 36.2 Å². The minimum Gasteiger partial charge on any atom is -0.381 e. The van der Waals surface area contributed by atoms with E-state index in [1.54, 1.807) is 0 Å². The maximum absolute atomic E-state index is 12.6. The van der Waals surface area contributed by atoms with Crippen molar-refractivity contribution in [2.75, 3.05) is 32.8 Å². The van der Waals surface area contributed by atoms with Gasteiger partial charge in [0.25, 0.3) is 5.91 Å². The number of nitrogens with one attached hydrogen (secondary N) is 1. The summed E-state index contributed by atoms with van der Waals surface area (Å²) in [6, 6.07) is 4.76. The van der Waals surface area contributed by atoms with E-state index >= 15 is 0 Å². The largest absolute Gasteiger partial charge is 0.381 e. The van der Waals surface area contributed by atoms with Crippen molar-refractivity contribution in [1.29, 1.82) is 0 Å². The lowest BCUT2D eigenvalue weighted by atomic mass is 9.99. The second-order valence-electron chi connectivity index (χ2n) is 6.85. The van der Waals surface area contributed by atoms with Crippen molar-refractivity contribution < 1.29 is 9.53 Å². The molecule has 1 N–H and O–H groups in total. The van der Waals surface area contributed by atoms with Crippen LogP contribution in [0.2, 0.25) is 0 Å². The highest BCUT2D eigenvalue weighted by Gasteiger charge is 2.44. The molecule has 22 heavy (non-hydrogen) atoms. The van der Waals surface area contributed by atoms with Crippen molar-refractivity contribution in [3.63, 3.8) is 0 Å². The average Bonchev–Trinajstić information content (AvgIpc) is 3.26. The number of carbonyl (C=O) groups is 1. The Labute approximate surface area is 131 Å². The predicted molar refractivity (Wildman–Crippen MR) is 83.8 cm³/mol. The van der Waals surface area contributed by atoms with Crippen LogP contribution in [0.4, 0.5) is 0 Å². The van der Waals surface area contributed by atoms with Gasteiger partial charge < -0.3 is 14.6 Å². The summed E-state index contributed by atoms with van der Waals surface area (Å²) < 4.78 is 5.47. The zero-order chi connectivity index (χ0) is 14.9. The molecule has 1 aromatic heterocycles. The smallest absolute Gasteiger partial charge is 0.270 e. The van der Waals surface area contributed by atoms with Crippen LogP contribution in [0.15, 0.2) is 18.3 Å². The number of rotatable bonds is 3. The van der Waals surface area contributed by atoms with Gasteiger partial charge in [-0.1, -0.05) is 0 Å². The molecule has 1 amide bonds. The Morgan fingerprint density at radius 3 is 2.77 bits per heavy atom. The number of carbonyl (C=O) groups excluding carboxylic acids is 1. The molecule has 3 aliphatic rings. The van der Waals surface area contributed by atoms with Gasteiger partial charge in [0.2, 0.25) is 0 Å². The highest BCUT2D eigenvalue weighted by molar-refractivity contribution is 5.92. The molecule has 0 aromatic carbocycles. The Bertz CT molecular complexity index is 510. The zero-order valence-electron chi connectivity index (χ0n) is 13.0. The number of ether oxygens (including phenoxy) is 1. The molecule has 0 saturated carbocycles. The van der Waals surface area contributed by atoms with E-state index in [9.17, 15) is 4.79 Å². The van der Waals surface area contributed by atoms with Crippen LogP contribution in [-0.2, 0) is 4.74 Å². The Morgan fingerprint density at radius 2 is 2.00 bits per heavy atom. The van der Waals surface area contributed by atoms with Crippen LogP contribution in [0.25, 0.3) is 0 Å². The van der Waals surface area contributed by atoms with Crippen molar-refractivity contribution in [1.82, 2.24) is 14.8 Å². The molecule has 0 bridgehead atoms. The van der Waals surface area contributed by atoms with Gasteiger partial charge in [0.1, 0.15) is 5.69 Å². The first kappa shape index (κ1) is 14.3. The third-order valence-corrected chi connectivity index (χ3v) is 5.61. The number of aromatic nitrogens is 1. The second-order valence-corrected chi connectivity index (χ2v) is 6.85. The van der Waals surface area contributed by atoms with Crippen LogP contribution < -0.4 is 0 Å². The highest BCUT2D eigenvalue weighted by Crippen LogP contribution is 2.33. The normalized spacial score (nSPS) is 29.9. The fraction of sp³-hybridized carbons (Fsp3) is 0.706. The van der Waals surface area contributed by atoms with Gasteiger partial charge in [0.15, 0.2) is 0 Å². The number of hydrogen-bond donors (Lipinski definition) is 1. The number of hydrogen-bond acceptors (Lipinski definition) is 3. The van der Waals surface area contributed by atoms with Crippen LogP contribution in [0.5, 0.6) is 0 Å². The van der Waals surface area contributed by atoms with Gasteiger partial charge in [-0.05, 0) is 43.7 Å². The van der Waals surface area contributed by atoms with Crippen LogP contribution in [0.3, 0.4) is 0 Å². The van der Waals surface area contributed by atoms with Crippen molar-refractivity contribution in [3.05, 3.63) is 24.0 Å². The quantitative estimate of drug-likeness (QED) is 0.925. The third kappa shape index (κ3) is 2.57. The molecular weight excluding hydrogens is 278 g/mol. The van der Waals surface area contributed by atoms with Gasteiger partial charge in [-0.3, -0.25) is 9.69 Å². The molecule has 120 valence electrons. The number of amides is 1. The maximum Gasteiger partial charge on any atom is 0.270 e. The maximum atomic E-state index is 12.6. The lowest BCUT2D eigenvalue weighted by Crippen LogP contribution is -2.41. The number of H-pyrrole nitrogens is 1. The molecule has 5 heteroatoms. The van der Waals surface area contributed by atoms with E-state index < -0.39 is 0 Å². The molecule has 3 saturated heterocycles. The first-order chi connectivity index (χ1) is 10.8. The minimum absolute atomic E-state index is 0.172. The van der Waals surface area contributed by atoms with Crippen molar-refractivity contribution in [3.8, 4) is 0 Å². The molecule has 1 aromatic rings. The first-order valence-corrected chi connectivity index (χ1v) is 8.59. The average molecular weight is 303 g/mol. The molecule has 3 fully saturated rings. The molecule has 0 spiro atoms. The van der Waals surface area contributed by atoms with Gasteiger partial charge in [-0.15, -0.1) is 0 Å². The molecule has 5 nitrogen and oxygen atoms in total. The molecule has 2 atom stereocenters. The SMILES string of the molecule is O=C(c1ccc[nH]1)N1CCC2C1CCN2CC1CCOCC1. The Hall–Kier alpha value is -1.33. The van der Waals surface area contributed by atoms with Crippen LogP contribution >= 0.6 is 0 Å². The number of nitrogens with zero attached hydrogens (tertiary/aromatic N) is 2. The molecule has 4 rings (SSSR count). The summed E-state index contributed by atoms with van der Waals surface area (Å²) in [5, 5.41) is 0. The van der Waals surface area contributed by atoms with Crippen molar-refractivity contribution in [2.45, 2.75) is 37.8 Å². The van der Waals surface area contributed by atoms with E-state index in [2.05, 4.69) is 14.8 Å². The third-order valence-electron chi connectivity index (χ3n) is 5.61. The predicted octanol–water partition coefficient (Wildman–Crippen LogP) is 1.73. The van der Waals surface area contributed by atoms with E-state index in [1.165, 1.54) is 19.4 Å². The van der Waals surface area contributed by atoms with E-state index in [0.717, 1.165) is 50.8 Å². The van der Waals surface area contributed by atoms with E-state index in [-0.39, 0.29) is 5.91 Å². The Balaban J connectivity index is 1.39. The lowest BCUT2D eigenvalue weighted by Gasteiger charge is -2.30. The Morgan fingerprint density at radius 1 is 1.18 bits per heavy atom. The number of aromatic amines is 1. The first-order valence-electron chi connectivity index (χ1n) is 8.59. The summed E-state index contributed by atoms with van der Waals surface area (Å²) in [5.74, 6) is 0.950. The Kier molecular flexibility index (Phi) is 3.92. The molecule has 4 heterocycles. The summed E-state index contributed by atoms with van der Waals surface area (Å²) in [5.41, 5.74) is 0.725. The summed E-state index contributed by atoms with van der Waals surface area (Å²) in [4.78, 5) is 20.4. The van der Waals surface area contributed by atoms with E-state index in [0.29, 0.717) is 12.1 Å². The summed E-state index contributed by atoms with van der Waals surface area (Å²) in [6.07, 6.45) is 6.46. The van der Waals surface area contributed by atoms with Gasteiger partial charge in [-0.25, -0.2) is 0 Å². The number of fused-ring (bicyclic) bond motifs is 1. The molecular formula is C17H25N3O2. The van der Waals surface area contributed by atoms with Crippen molar-refractivity contribution >= 4 is 5.91 Å². The molecule has 2 unspecified atom stereocenters. The monoisotopic (exact) mass is 303 g/mol. The fourth-order valence-electron chi connectivity index (χ4n) is 4.43. The fourth-order valence-corrected chi connectivity index (χ4v) is 4.43.